The fraction of sp³-hybridized carbons (Fsp3) is 0.364. The molecule has 2 amide bonds. The number of carbonyl (C=O) groups is 2. The number of hydrazine groups is 1. The molecule has 2 N–H and O–H groups in total. The van der Waals surface area contributed by atoms with Crippen molar-refractivity contribution >= 4 is 23.4 Å². The van der Waals surface area contributed by atoms with Gasteiger partial charge in [-0.25, -0.2) is 0 Å². The van der Waals surface area contributed by atoms with E-state index < -0.39 is 5.91 Å². The van der Waals surface area contributed by atoms with Crippen LogP contribution >= 0.6 is 11.6 Å². The van der Waals surface area contributed by atoms with Crippen LogP contribution in [0.2, 0.25) is 5.02 Å². The van der Waals surface area contributed by atoms with Crippen molar-refractivity contribution in [2.45, 2.75) is 18.9 Å². The number of nitrogens with one attached hydrogen (secondary N) is 2. The molecule has 0 radical (unpaired) electrons. The number of fused-ring (bicyclic) bond motifs is 1. The maximum absolute atomic E-state index is 12.5. The highest BCUT2D eigenvalue weighted by atomic mass is 35.5. The van der Waals surface area contributed by atoms with Crippen LogP contribution in [0.3, 0.4) is 0 Å². The first-order chi connectivity index (χ1) is 15.0. The average Bonchev–Trinajstić information content (AvgIpc) is 3.25. The van der Waals surface area contributed by atoms with Gasteiger partial charge in [0, 0.05) is 11.1 Å². The second-order valence-corrected chi connectivity index (χ2v) is 7.81. The van der Waals surface area contributed by atoms with Gasteiger partial charge in [0.2, 0.25) is 0 Å². The van der Waals surface area contributed by atoms with Crippen LogP contribution in [-0.2, 0) is 4.79 Å². The van der Waals surface area contributed by atoms with E-state index in [0.29, 0.717) is 24.0 Å². The van der Waals surface area contributed by atoms with Crippen molar-refractivity contribution in [2.24, 2.45) is 0 Å². The number of likely N-dealkylation sites (tertiary alicyclic amines) is 1. The number of amides is 2. The lowest BCUT2D eigenvalue weighted by Gasteiger charge is -2.26. The zero-order valence-electron chi connectivity index (χ0n) is 17.2. The Balaban J connectivity index is 1.36. The average molecular weight is 446 g/mol. The van der Waals surface area contributed by atoms with Crippen molar-refractivity contribution in [2.75, 3.05) is 33.4 Å². The largest absolute Gasteiger partial charge is 0.496 e. The van der Waals surface area contributed by atoms with Crippen LogP contribution in [0.15, 0.2) is 36.4 Å². The predicted molar refractivity (Wildman–Crippen MR) is 115 cm³/mol. The number of hydrogen-bond donors (Lipinski definition) is 2. The SMILES string of the molecule is COc1ccc(Cl)cc1C(=O)NNC(=O)CN1CCC[C@@H]1c1ccc2c(c1)OCCO2. The smallest absolute Gasteiger partial charge is 0.273 e. The third kappa shape index (κ3) is 4.86. The molecule has 1 saturated heterocycles. The second kappa shape index (κ2) is 9.45. The van der Waals surface area contributed by atoms with Gasteiger partial charge >= 0.3 is 0 Å². The zero-order valence-corrected chi connectivity index (χ0v) is 17.9. The number of halogens is 1. The number of nitrogens with zero attached hydrogens (tertiary/aromatic N) is 1. The van der Waals surface area contributed by atoms with Crippen molar-refractivity contribution in [3.63, 3.8) is 0 Å². The van der Waals surface area contributed by atoms with Crippen LogP contribution in [0.5, 0.6) is 17.2 Å². The van der Waals surface area contributed by atoms with Gasteiger partial charge in [0.15, 0.2) is 11.5 Å². The van der Waals surface area contributed by atoms with Crippen molar-refractivity contribution in [1.29, 1.82) is 0 Å². The minimum atomic E-state index is -0.502. The molecule has 8 nitrogen and oxygen atoms in total. The fourth-order valence-electron chi connectivity index (χ4n) is 3.94. The topological polar surface area (TPSA) is 89.1 Å². The van der Waals surface area contributed by atoms with Gasteiger partial charge < -0.3 is 14.2 Å². The summed E-state index contributed by atoms with van der Waals surface area (Å²) in [4.78, 5) is 27.0. The Hall–Kier alpha value is -2.97. The lowest BCUT2D eigenvalue weighted by atomic mass is 10.0. The van der Waals surface area contributed by atoms with E-state index >= 15 is 0 Å². The molecular weight excluding hydrogens is 422 g/mol. The van der Waals surface area contributed by atoms with Gasteiger partial charge in [-0.15, -0.1) is 0 Å². The summed E-state index contributed by atoms with van der Waals surface area (Å²) in [6, 6.07) is 10.7. The van der Waals surface area contributed by atoms with E-state index in [1.807, 2.05) is 18.2 Å². The maximum Gasteiger partial charge on any atom is 0.273 e. The quantitative estimate of drug-likeness (QED) is 0.688. The molecular formula is C22H24ClN3O5. The molecule has 31 heavy (non-hydrogen) atoms. The molecule has 0 unspecified atom stereocenters. The summed E-state index contributed by atoms with van der Waals surface area (Å²) in [6.07, 6.45) is 1.93. The van der Waals surface area contributed by atoms with E-state index in [1.165, 1.54) is 13.2 Å². The Morgan fingerprint density at radius 1 is 1.13 bits per heavy atom. The van der Waals surface area contributed by atoms with Crippen LogP contribution in [0.1, 0.15) is 34.8 Å². The first-order valence-electron chi connectivity index (χ1n) is 10.1. The standard InChI is InChI=1S/C22H24ClN3O5/c1-29-18-7-5-15(23)12-16(18)22(28)25-24-21(27)13-26-8-2-3-17(26)14-4-6-19-20(11-14)31-10-9-30-19/h4-7,11-12,17H,2-3,8-10,13H2,1H3,(H,24,27)(H,25,28)/t17-/m1/s1. The summed E-state index contributed by atoms with van der Waals surface area (Å²) in [5.41, 5.74) is 6.23. The summed E-state index contributed by atoms with van der Waals surface area (Å²) >= 11 is 5.97. The van der Waals surface area contributed by atoms with Crippen LogP contribution in [0, 0.1) is 0 Å². The number of hydrogen-bond acceptors (Lipinski definition) is 6. The number of ether oxygens (including phenoxy) is 3. The summed E-state index contributed by atoms with van der Waals surface area (Å²) in [7, 11) is 1.46. The summed E-state index contributed by atoms with van der Waals surface area (Å²) in [6.45, 7) is 2.04. The maximum atomic E-state index is 12.5. The highest BCUT2D eigenvalue weighted by Gasteiger charge is 2.29. The van der Waals surface area contributed by atoms with Crippen molar-refractivity contribution in [3.05, 3.63) is 52.5 Å². The molecule has 9 heteroatoms. The predicted octanol–water partition coefficient (Wildman–Crippen LogP) is 2.72. The van der Waals surface area contributed by atoms with E-state index in [-0.39, 0.29) is 24.1 Å². The third-order valence-electron chi connectivity index (χ3n) is 5.38. The highest BCUT2D eigenvalue weighted by Crippen LogP contribution is 2.37. The molecule has 2 aromatic rings. The molecule has 2 aliphatic rings. The number of benzene rings is 2. The van der Waals surface area contributed by atoms with Crippen molar-refractivity contribution in [1.82, 2.24) is 15.8 Å². The van der Waals surface area contributed by atoms with Gasteiger partial charge in [-0.1, -0.05) is 17.7 Å². The summed E-state index contributed by atoms with van der Waals surface area (Å²) < 4.78 is 16.5. The lowest BCUT2D eigenvalue weighted by Crippen LogP contribution is -2.46. The van der Waals surface area contributed by atoms with Crippen LogP contribution < -0.4 is 25.1 Å². The van der Waals surface area contributed by atoms with Gasteiger partial charge in [-0.3, -0.25) is 25.3 Å². The molecule has 2 heterocycles. The number of methoxy groups -OCH3 is 1. The normalized spacial score (nSPS) is 17.8. The number of rotatable bonds is 5. The first-order valence-corrected chi connectivity index (χ1v) is 10.5. The second-order valence-electron chi connectivity index (χ2n) is 7.38. The van der Waals surface area contributed by atoms with Gasteiger partial charge in [-0.2, -0.15) is 0 Å². The monoisotopic (exact) mass is 445 g/mol. The molecule has 0 spiro atoms. The molecule has 1 atom stereocenters. The van der Waals surface area contributed by atoms with Crippen LogP contribution in [-0.4, -0.2) is 50.1 Å². The molecule has 1 fully saturated rings. The Morgan fingerprint density at radius 3 is 2.74 bits per heavy atom. The third-order valence-corrected chi connectivity index (χ3v) is 5.62. The Kier molecular flexibility index (Phi) is 6.48. The first kappa shape index (κ1) is 21.3. The molecule has 164 valence electrons. The van der Waals surface area contributed by atoms with Crippen molar-refractivity contribution < 1.29 is 23.8 Å². The summed E-state index contributed by atoms with van der Waals surface area (Å²) in [5, 5.41) is 0.400. The fourth-order valence-corrected chi connectivity index (χ4v) is 4.11. The molecule has 0 bridgehead atoms. The van der Waals surface area contributed by atoms with Gasteiger partial charge in [0.25, 0.3) is 11.8 Å². The van der Waals surface area contributed by atoms with Gasteiger partial charge in [0.1, 0.15) is 19.0 Å². The van der Waals surface area contributed by atoms with Gasteiger partial charge in [-0.05, 0) is 55.3 Å². The molecule has 2 aromatic carbocycles. The van der Waals surface area contributed by atoms with Gasteiger partial charge in [0.05, 0.1) is 19.2 Å². The molecule has 0 saturated carbocycles. The van der Waals surface area contributed by atoms with E-state index in [9.17, 15) is 9.59 Å². The molecule has 4 rings (SSSR count). The van der Waals surface area contributed by atoms with Crippen molar-refractivity contribution in [3.8, 4) is 17.2 Å². The van der Waals surface area contributed by atoms with E-state index in [0.717, 1.165) is 36.4 Å². The lowest BCUT2D eigenvalue weighted by molar-refractivity contribution is -0.123. The van der Waals surface area contributed by atoms with E-state index in [1.54, 1.807) is 12.1 Å². The Morgan fingerprint density at radius 2 is 1.94 bits per heavy atom. The van der Waals surface area contributed by atoms with Crippen LogP contribution in [0.25, 0.3) is 0 Å². The van der Waals surface area contributed by atoms with E-state index in [2.05, 4.69) is 15.8 Å². The highest BCUT2D eigenvalue weighted by molar-refractivity contribution is 6.31. The molecule has 0 aliphatic carbocycles. The zero-order chi connectivity index (χ0) is 21.8. The molecule has 2 aliphatic heterocycles. The summed E-state index contributed by atoms with van der Waals surface area (Å²) in [5.74, 6) is 1.05. The minimum Gasteiger partial charge on any atom is -0.496 e. The number of carbonyl (C=O) groups excluding carboxylic acids is 2. The molecule has 0 aromatic heterocycles. The van der Waals surface area contributed by atoms with E-state index in [4.69, 9.17) is 25.8 Å². The Bertz CT molecular complexity index is 984. The minimum absolute atomic E-state index is 0.102. The van der Waals surface area contributed by atoms with Crippen LogP contribution in [0.4, 0.5) is 0 Å². The Labute approximate surface area is 185 Å².